The van der Waals surface area contributed by atoms with Crippen LogP contribution in [-0.2, 0) is 25.4 Å². The normalized spacial score (nSPS) is 16.8. The Morgan fingerprint density at radius 1 is 1.20 bits per heavy atom. The van der Waals surface area contributed by atoms with Crippen LogP contribution < -0.4 is 16.0 Å². The van der Waals surface area contributed by atoms with Crippen LogP contribution in [-0.4, -0.2) is 58.7 Å². The molecule has 0 spiro atoms. The fraction of sp³-hybridized carbons (Fsp3) is 0.444. The molecule has 1 atom stereocenters. The Labute approximate surface area is 175 Å². The average Bonchev–Trinajstić information content (AvgIpc) is 3.16. The fourth-order valence-corrected chi connectivity index (χ4v) is 3.63. The first-order valence-electron chi connectivity index (χ1n) is 9.38. The molecular formula is C18H20ClN7O4. The molecule has 0 saturated carbocycles. The summed E-state index contributed by atoms with van der Waals surface area (Å²) in [4.78, 5) is 51.4. The smallest absolute Gasteiger partial charge is 0.332 e. The lowest BCUT2D eigenvalue weighted by Crippen LogP contribution is -2.46. The maximum atomic E-state index is 12.9. The van der Waals surface area contributed by atoms with Gasteiger partial charge in [0.1, 0.15) is 12.6 Å². The summed E-state index contributed by atoms with van der Waals surface area (Å²) in [6.07, 6.45) is 5.61. The predicted molar refractivity (Wildman–Crippen MR) is 107 cm³/mol. The first-order valence-corrected chi connectivity index (χ1v) is 9.75. The maximum Gasteiger partial charge on any atom is 0.332 e. The number of piperidine rings is 1. The lowest BCUT2D eigenvalue weighted by Gasteiger charge is -2.32. The third-order valence-electron chi connectivity index (χ3n) is 5.12. The van der Waals surface area contributed by atoms with Crippen LogP contribution in [0.2, 0.25) is 5.02 Å². The number of hydrogen-bond acceptors (Lipinski definition) is 7. The Morgan fingerprint density at radius 2 is 1.93 bits per heavy atom. The van der Waals surface area contributed by atoms with E-state index in [1.165, 1.54) is 42.0 Å². The minimum atomic E-state index is -0.488. The predicted octanol–water partition coefficient (Wildman–Crippen LogP) is -0.0529. The van der Waals surface area contributed by atoms with E-state index in [-0.39, 0.29) is 35.7 Å². The molecule has 1 saturated heterocycles. The molecule has 3 aromatic rings. The number of amides is 1. The summed E-state index contributed by atoms with van der Waals surface area (Å²) in [5.74, 6) is -0.171. The van der Waals surface area contributed by atoms with Crippen molar-refractivity contribution in [2.75, 3.05) is 13.1 Å². The number of aryl methyl sites for hydroxylation is 1. The first kappa shape index (κ1) is 20.1. The SMILES string of the molecule is Cn1c(=O)c2c(ncn2CC(=O)N2CCCC(Oc3ncc(Cl)cn3)C2)n(C)c1=O. The van der Waals surface area contributed by atoms with E-state index in [1.807, 2.05) is 0 Å². The number of hydrogen-bond donors (Lipinski definition) is 0. The van der Waals surface area contributed by atoms with Gasteiger partial charge >= 0.3 is 11.7 Å². The van der Waals surface area contributed by atoms with Crippen LogP contribution in [0.15, 0.2) is 28.3 Å². The van der Waals surface area contributed by atoms with E-state index in [1.54, 1.807) is 4.90 Å². The molecule has 0 N–H and O–H groups in total. The Bertz CT molecular complexity index is 1210. The number of aromatic nitrogens is 6. The summed E-state index contributed by atoms with van der Waals surface area (Å²) in [6.45, 7) is 0.908. The van der Waals surface area contributed by atoms with Crippen molar-refractivity contribution < 1.29 is 9.53 Å². The largest absolute Gasteiger partial charge is 0.458 e. The van der Waals surface area contributed by atoms with E-state index in [0.29, 0.717) is 18.1 Å². The topological polar surface area (TPSA) is 117 Å². The summed E-state index contributed by atoms with van der Waals surface area (Å²) in [6, 6.07) is 0.212. The van der Waals surface area contributed by atoms with Crippen molar-refractivity contribution in [1.29, 1.82) is 0 Å². The summed E-state index contributed by atoms with van der Waals surface area (Å²) in [5.41, 5.74) is -0.495. The molecule has 12 heteroatoms. The van der Waals surface area contributed by atoms with Gasteiger partial charge in [-0.25, -0.2) is 19.7 Å². The molecule has 1 unspecified atom stereocenters. The van der Waals surface area contributed by atoms with Gasteiger partial charge in [0, 0.05) is 20.6 Å². The van der Waals surface area contributed by atoms with Crippen molar-refractivity contribution in [2.45, 2.75) is 25.5 Å². The van der Waals surface area contributed by atoms with Crippen molar-refractivity contribution in [3.05, 3.63) is 44.6 Å². The number of fused-ring (bicyclic) bond motifs is 1. The highest BCUT2D eigenvalue weighted by Gasteiger charge is 2.26. The summed E-state index contributed by atoms with van der Waals surface area (Å²) < 4.78 is 9.54. The van der Waals surface area contributed by atoms with E-state index >= 15 is 0 Å². The molecule has 1 aliphatic heterocycles. The van der Waals surface area contributed by atoms with Gasteiger partial charge in [0.05, 0.1) is 30.3 Å². The van der Waals surface area contributed by atoms with Gasteiger partial charge in [0.25, 0.3) is 5.56 Å². The molecule has 0 bridgehead atoms. The van der Waals surface area contributed by atoms with Crippen LogP contribution in [0.5, 0.6) is 6.01 Å². The van der Waals surface area contributed by atoms with Crippen LogP contribution in [0.1, 0.15) is 12.8 Å². The number of halogens is 1. The van der Waals surface area contributed by atoms with Gasteiger partial charge in [0.2, 0.25) is 5.91 Å². The van der Waals surface area contributed by atoms with Crippen molar-refractivity contribution in [3.8, 4) is 6.01 Å². The van der Waals surface area contributed by atoms with Gasteiger partial charge in [0.15, 0.2) is 11.2 Å². The zero-order chi connectivity index (χ0) is 21.4. The summed E-state index contributed by atoms with van der Waals surface area (Å²) >= 11 is 5.78. The molecule has 1 amide bonds. The third kappa shape index (κ3) is 3.67. The molecular weight excluding hydrogens is 414 g/mol. The van der Waals surface area contributed by atoms with Crippen LogP contribution in [0.25, 0.3) is 11.2 Å². The van der Waals surface area contributed by atoms with E-state index in [9.17, 15) is 14.4 Å². The minimum Gasteiger partial charge on any atom is -0.458 e. The summed E-state index contributed by atoms with van der Waals surface area (Å²) in [5, 5.41) is 0.416. The number of carbonyl (C=O) groups excluding carboxylic acids is 1. The highest BCUT2D eigenvalue weighted by atomic mass is 35.5. The lowest BCUT2D eigenvalue weighted by atomic mass is 10.1. The molecule has 11 nitrogen and oxygen atoms in total. The van der Waals surface area contributed by atoms with Crippen molar-refractivity contribution >= 4 is 28.7 Å². The second kappa shape index (κ2) is 7.90. The van der Waals surface area contributed by atoms with E-state index < -0.39 is 11.2 Å². The van der Waals surface area contributed by atoms with Crippen LogP contribution in [0, 0.1) is 0 Å². The average molecular weight is 434 g/mol. The van der Waals surface area contributed by atoms with Crippen molar-refractivity contribution in [3.63, 3.8) is 0 Å². The van der Waals surface area contributed by atoms with E-state index in [4.69, 9.17) is 16.3 Å². The molecule has 4 rings (SSSR count). The standard InChI is InChI=1S/C18H20ClN7O4/c1-23-15-14(16(28)24(2)18(23)29)26(10-22-15)9-13(27)25-5-3-4-12(8-25)30-17-20-6-11(19)7-21-17/h6-7,10,12H,3-5,8-9H2,1-2H3. The molecule has 30 heavy (non-hydrogen) atoms. The molecule has 1 aliphatic rings. The molecule has 3 aromatic heterocycles. The zero-order valence-corrected chi connectivity index (χ0v) is 17.2. The quantitative estimate of drug-likeness (QED) is 0.566. The van der Waals surface area contributed by atoms with Crippen molar-refractivity contribution in [1.82, 2.24) is 33.6 Å². The minimum absolute atomic E-state index is 0.0614. The van der Waals surface area contributed by atoms with Gasteiger partial charge in [-0.05, 0) is 12.8 Å². The Balaban J connectivity index is 1.50. The van der Waals surface area contributed by atoms with E-state index in [0.717, 1.165) is 17.4 Å². The fourth-order valence-electron chi connectivity index (χ4n) is 3.53. The monoisotopic (exact) mass is 433 g/mol. The molecule has 0 aromatic carbocycles. The number of ether oxygens (including phenoxy) is 1. The number of imidazole rings is 1. The Morgan fingerprint density at radius 3 is 2.67 bits per heavy atom. The number of rotatable bonds is 4. The molecule has 158 valence electrons. The second-order valence-electron chi connectivity index (χ2n) is 7.16. The van der Waals surface area contributed by atoms with Gasteiger partial charge in [-0.3, -0.25) is 18.7 Å². The highest BCUT2D eigenvalue weighted by molar-refractivity contribution is 6.30. The van der Waals surface area contributed by atoms with Crippen LogP contribution >= 0.6 is 11.6 Å². The second-order valence-corrected chi connectivity index (χ2v) is 7.59. The van der Waals surface area contributed by atoms with Crippen LogP contribution in [0.3, 0.4) is 0 Å². The zero-order valence-electron chi connectivity index (χ0n) is 16.5. The van der Waals surface area contributed by atoms with Crippen LogP contribution in [0.4, 0.5) is 0 Å². The molecule has 1 fully saturated rings. The number of nitrogens with zero attached hydrogens (tertiary/aromatic N) is 7. The van der Waals surface area contributed by atoms with E-state index in [2.05, 4.69) is 15.0 Å². The Kier molecular flexibility index (Phi) is 5.29. The van der Waals surface area contributed by atoms with Gasteiger partial charge in [-0.1, -0.05) is 11.6 Å². The molecule has 0 aliphatic carbocycles. The number of carbonyl (C=O) groups is 1. The number of likely N-dealkylation sites (tertiary alicyclic amines) is 1. The van der Waals surface area contributed by atoms with Gasteiger partial charge in [-0.2, -0.15) is 0 Å². The molecule has 0 radical (unpaired) electrons. The first-order chi connectivity index (χ1) is 14.3. The highest BCUT2D eigenvalue weighted by Crippen LogP contribution is 2.17. The lowest BCUT2D eigenvalue weighted by molar-refractivity contribution is -0.134. The third-order valence-corrected chi connectivity index (χ3v) is 5.32. The van der Waals surface area contributed by atoms with Crippen molar-refractivity contribution in [2.24, 2.45) is 14.1 Å². The Hall–Kier alpha value is -3.21. The maximum absolute atomic E-state index is 12.9. The summed E-state index contributed by atoms with van der Waals surface area (Å²) in [7, 11) is 2.93. The molecule has 4 heterocycles. The van der Waals surface area contributed by atoms with Gasteiger partial charge in [-0.15, -0.1) is 0 Å². The van der Waals surface area contributed by atoms with Gasteiger partial charge < -0.3 is 14.2 Å².